The van der Waals surface area contributed by atoms with Crippen molar-refractivity contribution in [1.82, 2.24) is 9.97 Å². The van der Waals surface area contributed by atoms with Crippen LogP contribution in [0.25, 0.3) is 77.7 Å². The van der Waals surface area contributed by atoms with Crippen molar-refractivity contribution in [3.8, 4) is 44.8 Å². The Morgan fingerprint density at radius 3 is 1.63 bits per heavy atom. The Hall–Kier alpha value is -5.54. The molecule has 192 valence electrons. The van der Waals surface area contributed by atoms with Gasteiger partial charge in [0.2, 0.25) is 0 Å². The lowest BCUT2D eigenvalue weighted by atomic mass is 9.97. The SMILES string of the molecule is c1ccc(-c2cccc(-c3ccc(-c4nc5ccccc5nc4-c4ccc5c(c4)oc4ccccc45)cc3)c2)cc1. The van der Waals surface area contributed by atoms with Crippen LogP contribution in [0.2, 0.25) is 0 Å². The zero-order chi connectivity index (χ0) is 27.2. The molecule has 0 radical (unpaired) electrons. The summed E-state index contributed by atoms with van der Waals surface area (Å²) in [5.74, 6) is 0. The lowest BCUT2D eigenvalue weighted by molar-refractivity contribution is 0.669. The second kappa shape index (κ2) is 9.58. The van der Waals surface area contributed by atoms with E-state index < -0.39 is 0 Å². The van der Waals surface area contributed by atoms with Gasteiger partial charge in [0.1, 0.15) is 11.2 Å². The number of nitrogens with zero attached hydrogens (tertiary/aromatic N) is 2. The maximum absolute atomic E-state index is 6.21. The van der Waals surface area contributed by atoms with Crippen molar-refractivity contribution in [2.75, 3.05) is 0 Å². The second-order valence-electron chi connectivity index (χ2n) is 10.2. The summed E-state index contributed by atoms with van der Waals surface area (Å²) >= 11 is 0. The predicted octanol–water partition coefficient (Wildman–Crippen LogP) is 10.2. The third-order valence-corrected chi connectivity index (χ3v) is 7.68. The van der Waals surface area contributed by atoms with Crippen LogP contribution in [0.5, 0.6) is 0 Å². The Morgan fingerprint density at radius 1 is 0.341 bits per heavy atom. The molecule has 0 amide bonds. The number of aromatic nitrogens is 2. The topological polar surface area (TPSA) is 38.9 Å². The Morgan fingerprint density at radius 2 is 0.878 bits per heavy atom. The molecule has 0 aliphatic heterocycles. The average Bonchev–Trinajstić information content (AvgIpc) is 3.43. The Balaban J connectivity index is 1.24. The molecular weight excluding hydrogens is 500 g/mol. The highest BCUT2D eigenvalue weighted by Gasteiger charge is 2.16. The zero-order valence-corrected chi connectivity index (χ0v) is 22.2. The molecule has 0 aliphatic rings. The Kier molecular flexibility index (Phi) is 5.46. The van der Waals surface area contributed by atoms with Gasteiger partial charge in [-0.3, -0.25) is 0 Å². The van der Waals surface area contributed by atoms with Crippen molar-refractivity contribution in [2.45, 2.75) is 0 Å². The van der Waals surface area contributed by atoms with Crippen LogP contribution in [0, 0.1) is 0 Å². The van der Waals surface area contributed by atoms with Crippen LogP contribution in [0.1, 0.15) is 0 Å². The second-order valence-corrected chi connectivity index (χ2v) is 10.2. The monoisotopic (exact) mass is 524 g/mol. The molecule has 0 saturated carbocycles. The van der Waals surface area contributed by atoms with Gasteiger partial charge in [-0.15, -0.1) is 0 Å². The van der Waals surface area contributed by atoms with E-state index in [1.54, 1.807) is 0 Å². The van der Waals surface area contributed by atoms with Crippen molar-refractivity contribution < 1.29 is 4.42 Å². The molecule has 0 atom stereocenters. The van der Waals surface area contributed by atoms with Gasteiger partial charge in [0.05, 0.1) is 22.4 Å². The highest BCUT2D eigenvalue weighted by atomic mass is 16.3. The summed E-state index contributed by atoms with van der Waals surface area (Å²) in [6.07, 6.45) is 0. The number of hydrogen-bond donors (Lipinski definition) is 0. The number of benzene rings is 6. The fourth-order valence-corrected chi connectivity index (χ4v) is 5.61. The van der Waals surface area contributed by atoms with Crippen molar-refractivity contribution in [3.63, 3.8) is 0 Å². The number of para-hydroxylation sites is 3. The number of hydrogen-bond acceptors (Lipinski definition) is 3. The van der Waals surface area contributed by atoms with Crippen molar-refractivity contribution in [2.24, 2.45) is 0 Å². The molecule has 0 fully saturated rings. The number of furan rings is 1. The number of fused-ring (bicyclic) bond motifs is 4. The van der Waals surface area contributed by atoms with Crippen LogP contribution in [0.3, 0.4) is 0 Å². The quantitative estimate of drug-likeness (QED) is 0.230. The minimum absolute atomic E-state index is 0.838. The van der Waals surface area contributed by atoms with Crippen LogP contribution < -0.4 is 0 Å². The lowest BCUT2D eigenvalue weighted by Crippen LogP contribution is -1.95. The van der Waals surface area contributed by atoms with E-state index in [1.165, 1.54) is 16.7 Å². The smallest absolute Gasteiger partial charge is 0.136 e. The Bertz CT molecular complexity index is 2200. The van der Waals surface area contributed by atoms with Crippen molar-refractivity contribution >= 4 is 33.0 Å². The molecule has 0 saturated heterocycles. The molecule has 8 aromatic rings. The summed E-state index contributed by atoms with van der Waals surface area (Å²) < 4.78 is 6.21. The van der Waals surface area contributed by atoms with Crippen LogP contribution in [0.4, 0.5) is 0 Å². The summed E-state index contributed by atoms with van der Waals surface area (Å²) in [4.78, 5) is 10.2. The summed E-state index contributed by atoms with van der Waals surface area (Å²) in [7, 11) is 0. The summed E-state index contributed by atoms with van der Waals surface area (Å²) in [5, 5.41) is 2.22. The van der Waals surface area contributed by atoms with Crippen LogP contribution in [0.15, 0.2) is 150 Å². The van der Waals surface area contributed by atoms with E-state index in [-0.39, 0.29) is 0 Å². The van der Waals surface area contributed by atoms with Gasteiger partial charge in [-0.25, -0.2) is 9.97 Å². The summed E-state index contributed by atoms with van der Waals surface area (Å²) in [6, 6.07) is 50.3. The van der Waals surface area contributed by atoms with Crippen molar-refractivity contribution in [3.05, 3.63) is 146 Å². The molecule has 0 bridgehead atoms. The first-order valence-electron chi connectivity index (χ1n) is 13.7. The van der Waals surface area contributed by atoms with Gasteiger partial charge in [0.25, 0.3) is 0 Å². The Labute approximate surface area is 237 Å². The molecule has 2 heterocycles. The molecule has 3 heteroatoms. The molecule has 0 N–H and O–H groups in total. The van der Waals surface area contributed by atoms with E-state index in [1.807, 2.05) is 48.5 Å². The molecule has 0 unspecified atom stereocenters. The van der Waals surface area contributed by atoms with Crippen LogP contribution >= 0.6 is 0 Å². The highest BCUT2D eigenvalue weighted by Crippen LogP contribution is 2.36. The first-order chi connectivity index (χ1) is 20.3. The van der Waals surface area contributed by atoms with E-state index in [0.29, 0.717) is 0 Å². The van der Waals surface area contributed by atoms with E-state index in [2.05, 4.69) is 97.1 Å². The minimum atomic E-state index is 0.838. The van der Waals surface area contributed by atoms with Crippen LogP contribution in [-0.4, -0.2) is 9.97 Å². The molecule has 0 aliphatic carbocycles. The first kappa shape index (κ1) is 23.4. The lowest BCUT2D eigenvalue weighted by Gasteiger charge is -2.12. The third kappa shape index (κ3) is 4.16. The fraction of sp³-hybridized carbons (Fsp3) is 0. The summed E-state index contributed by atoms with van der Waals surface area (Å²) in [5.41, 5.74) is 11.9. The average molecular weight is 525 g/mol. The van der Waals surface area contributed by atoms with Gasteiger partial charge in [0, 0.05) is 21.9 Å². The summed E-state index contributed by atoms with van der Waals surface area (Å²) in [6.45, 7) is 0. The molecule has 8 rings (SSSR count). The number of rotatable bonds is 4. The standard InChI is InChI=1S/C38H24N2O/c1-2-9-25(10-3-1)28-11-8-12-29(23-28)26-17-19-27(20-18-26)37-38(40-34-15-6-5-14-33(34)39-37)30-21-22-32-31-13-4-7-16-35(31)41-36(32)24-30/h1-24H. The van der Waals surface area contributed by atoms with E-state index in [4.69, 9.17) is 14.4 Å². The molecule has 41 heavy (non-hydrogen) atoms. The van der Waals surface area contributed by atoms with E-state index in [0.717, 1.165) is 61.1 Å². The van der Waals surface area contributed by atoms with Gasteiger partial charge >= 0.3 is 0 Å². The maximum Gasteiger partial charge on any atom is 0.136 e. The van der Waals surface area contributed by atoms with E-state index >= 15 is 0 Å². The van der Waals surface area contributed by atoms with Crippen molar-refractivity contribution in [1.29, 1.82) is 0 Å². The van der Waals surface area contributed by atoms with Gasteiger partial charge in [-0.05, 0) is 58.7 Å². The normalized spacial score (nSPS) is 11.4. The van der Waals surface area contributed by atoms with Gasteiger partial charge in [-0.2, -0.15) is 0 Å². The minimum Gasteiger partial charge on any atom is -0.456 e. The molecule has 3 nitrogen and oxygen atoms in total. The molecule has 6 aromatic carbocycles. The van der Waals surface area contributed by atoms with Crippen LogP contribution in [-0.2, 0) is 0 Å². The first-order valence-corrected chi connectivity index (χ1v) is 13.7. The molecule has 2 aromatic heterocycles. The predicted molar refractivity (Wildman–Crippen MR) is 169 cm³/mol. The van der Waals surface area contributed by atoms with Gasteiger partial charge in [0.15, 0.2) is 0 Å². The highest BCUT2D eigenvalue weighted by molar-refractivity contribution is 6.06. The third-order valence-electron chi connectivity index (χ3n) is 7.68. The maximum atomic E-state index is 6.21. The zero-order valence-electron chi connectivity index (χ0n) is 22.2. The fourth-order valence-electron chi connectivity index (χ4n) is 5.61. The van der Waals surface area contributed by atoms with E-state index in [9.17, 15) is 0 Å². The molecular formula is C38H24N2O. The largest absolute Gasteiger partial charge is 0.456 e. The van der Waals surface area contributed by atoms with Gasteiger partial charge < -0.3 is 4.42 Å². The molecule has 0 spiro atoms. The van der Waals surface area contributed by atoms with Gasteiger partial charge in [-0.1, -0.05) is 109 Å².